The van der Waals surface area contributed by atoms with E-state index in [0.29, 0.717) is 6.42 Å². The topological polar surface area (TPSA) is 36.7 Å². The zero-order valence-electron chi connectivity index (χ0n) is 11.1. The van der Waals surface area contributed by atoms with E-state index in [9.17, 15) is 5.26 Å². The molecule has 3 rings (SSSR count). The van der Waals surface area contributed by atoms with Crippen molar-refractivity contribution in [2.45, 2.75) is 31.1 Å². The first-order valence-electron chi connectivity index (χ1n) is 6.84. The highest BCUT2D eigenvalue weighted by Gasteiger charge is 2.37. The van der Waals surface area contributed by atoms with Crippen molar-refractivity contribution in [3.05, 3.63) is 63.9 Å². The Labute approximate surface area is 127 Å². The number of aryl methyl sites for hydroxylation is 1. The minimum absolute atomic E-state index is 0.421. The average molecular weight is 327 g/mol. The van der Waals surface area contributed by atoms with Gasteiger partial charge in [-0.2, -0.15) is 5.26 Å². The molecular formula is C17H15BrN2. The number of aromatic nitrogens is 1. The zero-order chi connectivity index (χ0) is 14.0. The molecule has 0 N–H and O–H groups in total. The molecule has 1 aromatic heterocycles. The summed E-state index contributed by atoms with van der Waals surface area (Å²) in [5, 5.41) is 9.82. The van der Waals surface area contributed by atoms with E-state index >= 15 is 0 Å². The first-order chi connectivity index (χ1) is 9.73. The van der Waals surface area contributed by atoms with Crippen molar-refractivity contribution in [3.8, 4) is 6.07 Å². The molecule has 0 saturated carbocycles. The van der Waals surface area contributed by atoms with Gasteiger partial charge >= 0.3 is 0 Å². The van der Waals surface area contributed by atoms with Crippen molar-refractivity contribution in [2.75, 3.05) is 0 Å². The van der Waals surface area contributed by atoms with Crippen molar-refractivity contribution in [1.82, 2.24) is 4.98 Å². The molecule has 0 aliphatic heterocycles. The number of benzene rings is 1. The molecule has 0 amide bonds. The third-order valence-electron chi connectivity index (χ3n) is 4.07. The first-order valence-corrected chi connectivity index (χ1v) is 7.63. The highest BCUT2D eigenvalue weighted by molar-refractivity contribution is 9.10. The van der Waals surface area contributed by atoms with E-state index in [2.05, 4.69) is 45.2 Å². The molecule has 0 bridgehead atoms. The number of fused-ring (bicyclic) bond motifs is 1. The van der Waals surface area contributed by atoms with Crippen molar-refractivity contribution >= 4 is 15.9 Å². The van der Waals surface area contributed by atoms with Crippen LogP contribution in [0.2, 0.25) is 0 Å². The van der Waals surface area contributed by atoms with Gasteiger partial charge in [0.25, 0.3) is 0 Å². The number of hydrogen-bond acceptors (Lipinski definition) is 2. The monoisotopic (exact) mass is 326 g/mol. The first kappa shape index (κ1) is 13.3. The summed E-state index contributed by atoms with van der Waals surface area (Å²) in [7, 11) is 0. The fourth-order valence-electron chi connectivity index (χ4n) is 3.08. The number of hydrogen-bond donors (Lipinski definition) is 0. The van der Waals surface area contributed by atoms with E-state index in [-0.39, 0.29) is 0 Å². The summed E-state index contributed by atoms with van der Waals surface area (Å²) in [6.45, 7) is 0. The Morgan fingerprint density at radius 2 is 2.10 bits per heavy atom. The molecule has 0 fully saturated rings. The maximum Gasteiger partial charge on any atom is 0.0880 e. The molecule has 100 valence electrons. The third kappa shape index (κ3) is 2.36. The third-order valence-corrected chi connectivity index (χ3v) is 4.54. The minimum atomic E-state index is -0.421. The quantitative estimate of drug-likeness (QED) is 0.829. The van der Waals surface area contributed by atoms with Crippen LogP contribution in [0, 0.1) is 11.3 Å². The lowest BCUT2D eigenvalue weighted by molar-refractivity contribution is 0.446. The molecule has 1 unspecified atom stereocenters. The maximum atomic E-state index is 9.82. The van der Waals surface area contributed by atoms with Gasteiger partial charge in [0.2, 0.25) is 0 Å². The Hall–Kier alpha value is -1.66. The van der Waals surface area contributed by atoms with Gasteiger partial charge in [-0.15, -0.1) is 0 Å². The Balaban J connectivity index is 2.01. The molecule has 1 aliphatic rings. The fraction of sp³-hybridized carbons (Fsp3) is 0.294. The van der Waals surface area contributed by atoms with Crippen molar-refractivity contribution in [1.29, 1.82) is 5.26 Å². The maximum absolute atomic E-state index is 9.82. The highest BCUT2D eigenvalue weighted by atomic mass is 79.9. The number of rotatable bonds is 2. The van der Waals surface area contributed by atoms with Crippen LogP contribution in [0.3, 0.4) is 0 Å². The summed E-state index contributed by atoms with van der Waals surface area (Å²) < 4.78 is 0.969. The van der Waals surface area contributed by atoms with Crippen LogP contribution in [-0.2, 0) is 18.3 Å². The molecule has 0 radical (unpaired) electrons. The van der Waals surface area contributed by atoms with Gasteiger partial charge in [0.05, 0.1) is 11.5 Å². The molecule has 2 aromatic rings. The molecule has 1 aliphatic carbocycles. The molecule has 1 heterocycles. The smallest absolute Gasteiger partial charge is 0.0880 e. The van der Waals surface area contributed by atoms with Crippen molar-refractivity contribution < 1.29 is 0 Å². The Morgan fingerprint density at radius 3 is 2.85 bits per heavy atom. The lowest BCUT2D eigenvalue weighted by Gasteiger charge is -2.33. The normalized spacial score (nSPS) is 21.0. The largest absolute Gasteiger partial charge is 0.260 e. The summed E-state index contributed by atoms with van der Waals surface area (Å²) in [6, 6.07) is 14.9. The van der Waals surface area contributed by atoms with Gasteiger partial charge < -0.3 is 0 Å². The summed E-state index contributed by atoms with van der Waals surface area (Å²) >= 11 is 3.40. The molecule has 3 heteroatoms. The molecule has 0 saturated heterocycles. The molecule has 0 spiro atoms. The van der Waals surface area contributed by atoms with Gasteiger partial charge in [0, 0.05) is 22.8 Å². The fourth-order valence-corrected chi connectivity index (χ4v) is 3.31. The van der Waals surface area contributed by atoms with Gasteiger partial charge in [-0.05, 0) is 58.5 Å². The highest BCUT2D eigenvalue weighted by Crippen LogP contribution is 2.39. The number of nitrogens with zero attached hydrogens (tertiary/aromatic N) is 2. The van der Waals surface area contributed by atoms with Gasteiger partial charge in [-0.1, -0.05) is 24.3 Å². The predicted molar refractivity (Wildman–Crippen MR) is 82.3 cm³/mol. The second-order valence-electron chi connectivity index (χ2n) is 5.35. The van der Waals surface area contributed by atoms with Crippen LogP contribution in [0.1, 0.15) is 29.7 Å². The minimum Gasteiger partial charge on any atom is -0.260 e. The van der Waals surface area contributed by atoms with Crippen LogP contribution in [-0.4, -0.2) is 4.98 Å². The molecule has 20 heavy (non-hydrogen) atoms. The second kappa shape index (κ2) is 5.38. The average Bonchev–Trinajstić information content (AvgIpc) is 2.50. The molecule has 1 aromatic carbocycles. The summed E-state index contributed by atoms with van der Waals surface area (Å²) in [6.07, 6.45) is 5.55. The van der Waals surface area contributed by atoms with Crippen molar-refractivity contribution in [2.24, 2.45) is 0 Å². The van der Waals surface area contributed by atoms with Gasteiger partial charge in [0.15, 0.2) is 0 Å². The van der Waals surface area contributed by atoms with E-state index in [1.807, 2.05) is 18.2 Å². The lowest BCUT2D eigenvalue weighted by atomic mass is 9.68. The molecular weight excluding hydrogens is 312 g/mol. The number of pyridine rings is 1. The second-order valence-corrected chi connectivity index (χ2v) is 6.26. The van der Waals surface area contributed by atoms with Crippen LogP contribution in [0.25, 0.3) is 0 Å². The van der Waals surface area contributed by atoms with Gasteiger partial charge in [0.1, 0.15) is 0 Å². The predicted octanol–water partition coefficient (Wildman–Crippen LogP) is 4.18. The van der Waals surface area contributed by atoms with Crippen LogP contribution in [0.15, 0.2) is 47.1 Å². The van der Waals surface area contributed by atoms with Crippen LogP contribution in [0.4, 0.5) is 0 Å². The van der Waals surface area contributed by atoms with E-state index in [1.165, 1.54) is 11.1 Å². The summed E-state index contributed by atoms with van der Waals surface area (Å²) in [4.78, 5) is 4.44. The SMILES string of the molecule is N#CC1(Cc2ccc(Br)cn2)CCCc2ccccc21. The lowest BCUT2D eigenvalue weighted by Crippen LogP contribution is -2.32. The summed E-state index contributed by atoms with van der Waals surface area (Å²) in [5.41, 5.74) is 3.07. The Kier molecular flexibility index (Phi) is 3.58. The van der Waals surface area contributed by atoms with Gasteiger partial charge in [-0.3, -0.25) is 4.98 Å². The Morgan fingerprint density at radius 1 is 1.25 bits per heavy atom. The van der Waals surface area contributed by atoms with E-state index in [0.717, 1.165) is 29.4 Å². The molecule has 1 atom stereocenters. The van der Waals surface area contributed by atoms with E-state index < -0.39 is 5.41 Å². The van der Waals surface area contributed by atoms with E-state index in [1.54, 1.807) is 6.20 Å². The van der Waals surface area contributed by atoms with Gasteiger partial charge in [-0.25, -0.2) is 0 Å². The molecule has 2 nitrogen and oxygen atoms in total. The van der Waals surface area contributed by atoms with Crippen LogP contribution < -0.4 is 0 Å². The standard InChI is InChI=1S/C17H15BrN2/c18-14-7-8-15(20-11-14)10-17(12-19)9-3-5-13-4-1-2-6-16(13)17/h1-2,4,6-8,11H,3,5,9-10H2. The number of halogens is 1. The Bertz CT molecular complexity index is 657. The van der Waals surface area contributed by atoms with Crippen LogP contribution in [0.5, 0.6) is 0 Å². The van der Waals surface area contributed by atoms with E-state index in [4.69, 9.17) is 0 Å². The summed E-state index contributed by atoms with van der Waals surface area (Å²) in [5.74, 6) is 0. The van der Waals surface area contributed by atoms with Crippen LogP contribution >= 0.6 is 15.9 Å². The number of nitriles is 1. The van der Waals surface area contributed by atoms with Crippen molar-refractivity contribution in [3.63, 3.8) is 0 Å². The zero-order valence-corrected chi connectivity index (χ0v) is 12.7.